The van der Waals surface area contributed by atoms with Crippen LogP contribution in [-0.4, -0.2) is 4.57 Å². The fourth-order valence-corrected chi connectivity index (χ4v) is 9.46. The van der Waals surface area contributed by atoms with Gasteiger partial charge in [0.2, 0.25) is 0 Å². The summed E-state index contributed by atoms with van der Waals surface area (Å²) in [5.74, 6) is 0. The molecule has 2 heterocycles. The number of nitrogens with zero attached hydrogens (tertiary/aromatic N) is 2. The van der Waals surface area contributed by atoms with Gasteiger partial charge in [0.25, 0.3) is 0 Å². The molecule has 12 rings (SSSR count). The third kappa shape index (κ3) is 6.29. The van der Waals surface area contributed by atoms with Crippen LogP contribution in [0.1, 0.15) is 0 Å². The summed E-state index contributed by atoms with van der Waals surface area (Å²) in [5.41, 5.74) is 17.5. The minimum atomic E-state index is 0.882. The minimum absolute atomic E-state index is 0.882. The Labute approximate surface area is 366 Å². The van der Waals surface area contributed by atoms with E-state index in [1.54, 1.807) is 0 Å². The van der Waals surface area contributed by atoms with Crippen LogP contribution in [0.15, 0.2) is 247 Å². The number of para-hydroxylation sites is 4. The predicted molar refractivity (Wildman–Crippen MR) is 264 cm³/mol. The zero-order valence-electron chi connectivity index (χ0n) is 34.4. The molecule has 0 atom stereocenters. The second-order valence-electron chi connectivity index (χ2n) is 16.1. The van der Waals surface area contributed by atoms with E-state index in [4.69, 9.17) is 4.42 Å². The lowest BCUT2D eigenvalue weighted by molar-refractivity contribution is 0.670. The molecular formula is C60H40N2O. The Kier molecular flexibility index (Phi) is 8.83. The van der Waals surface area contributed by atoms with Gasteiger partial charge in [-0.1, -0.05) is 194 Å². The van der Waals surface area contributed by atoms with E-state index >= 15 is 0 Å². The first-order chi connectivity index (χ1) is 31.3. The summed E-state index contributed by atoms with van der Waals surface area (Å²) in [4.78, 5) is 2.41. The second-order valence-corrected chi connectivity index (χ2v) is 16.1. The van der Waals surface area contributed by atoms with Crippen LogP contribution in [0.4, 0.5) is 17.1 Å². The molecule has 0 amide bonds. The van der Waals surface area contributed by atoms with Gasteiger partial charge in [0.05, 0.1) is 22.4 Å². The van der Waals surface area contributed by atoms with E-state index in [1.807, 2.05) is 6.07 Å². The molecule has 0 N–H and O–H groups in total. The fourth-order valence-electron chi connectivity index (χ4n) is 9.46. The SMILES string of the molecule is c1ccc(-c2ccc(N(c3ccc4c5ccccc5n(-c5cc(-c6ccccc6)ccc5-c5ccccc5)c4c3)c3ccccc3-c3cccc4c3oc3ccccc34)cc2)cc1. The first kappa shape index (κ1) is 36.5. The molecule has 3 nitrogen and oxygen atoms in total. The Morgan fingerprint density at radius 1 is 0.317 bits per heavy atom. The maximum absolute atomic E-state index is 6.67. The van der Waals surface area contributed by atoms with Gasteiger partial charge >= 0.3 is 0 Å². The van der Waals surface area contributed by atoms with Crippen molar-refractivity contribution in [2.24, 2.45) is 0 Å². The highest BCUT2D eigenvalue weighted by Gasteiger charge is 2.23. The van der Waals surface area contributed by atoms with Crippen LogP contribution < -0.4 is 4.90 Å². The molecule has 0 spiro atoms. The standard InChI is InChI=1S/C60H40N2O/c1-4-17-41(18-5-1)43-31-34-46(35-32-43)61(55-28-13-11-24-50(55)53-26-16-27-54-52-25-12-15-30-59(52)63-60(53)54)47-36-38-51-49-23-10-14-29-56(49)62(58(51)40-47)57-39-45(42-19-6-2-7-20-42)33-37-48(57)44-21-8-3-9-22-44/h1-40H. The van der Waals surface area contributed by atoms with Gasteiger partial charge in [-0.05, 0) is 76.3 Å². The van der Waals surface area contributed by atoms with E-state index in [-0.39, 0.29) is 0 Å². The Hall–Kier alpha value is -8.40. The molecule has 0 saturated heterocycles. The van der Waals surface area contributed by atoms with Crippen LogP contribution in [0.5, 0.6) is 0 Å². The third-order valence-electron chi connectivity index (χ3n) is 12.4. The Morgan fingerprint density at radius 3 is 1.65 bits per heavy atom. The van der Waals surface area contributed by atoms with E-state index in [0.717, 1.165) is 66.8 Å². The summed E-state index contributed by atoms with van der Waals surface area (Å²) >= 11 is 0. The van der Waals surface area contributed by atoms with Crippen LogP contribution in [-0.2, 0) is 0 Å². The highest BCUT2D eigenvalue weighted by Crippen LogP contribution is 2.46. The van der Waals surface area contributed by atoms with Crippen molar-refractivity contribution in [3.63, 3.8) is 0 Å². The third-order valence-corrected chi connectivity index (χ3v) is 12.4. The number of hydrogen-bond acceptors (Lipinski definition) is 2. The summed E-state index contributed by atoms with van der Waals surface area (Å²) in [6.45, 7) is 0. The summed E-state index contributed by atoms with van der Waals surface area (Å²) in [6, 6.07) is 87.2. The van der Waals surface area contributed by atoms with Crippen LogP contribution in [0.3, 0.4) is 0 Å². The number of aromatic nitrogens is 1. The quantitative estimate of drug-likeness (QED) is 0.153. The number of anilines is 3. The molecule has 2 aromatic heterocycles. The van der Waals surface area contributed by atoms with E-state index in [0.29, 0.717) is 0 Å². The average Bonchev–Trinajstić information content (AvgIpc) is 3.91. The van der Waals surface area contributed by atoms with Crippen molar-refractivity contribution in [1.29, 1.82) is 0 Å². The molecule has 3 heteroatoms. The van der Waals surface area contributed by atoms with E-state index in [2.05, 4.69) is 246 Å². The largest absolute Gasteiger partial charge is 0.455 e. The summed E-state index contributed by atoms with van der Waals surface area (Å²) in [7, 11) is 0. The van der Waals surface area contributed by atoms with Crippen molar-refractivity contribution in [2.45, 2.75) is 0 Å². The molecule has 0 radical (unpaired) electrons. The molecule has 0 aliphatic carbocycles. The maximum atomic E-state index is 6.67. The molecule has 12 aromatic rings. The smallest absolute Gasteiger partial charge is 0.143 e. The van der Waals surface area contributed by atoms with Crippen molar-refractivity contribution in [3.8, 4) is 50.2 Å². The lowest BCUT2D eigenvalue weighted by Crippen LogP contribution is -2.11. The Balaban J connectivity index is 1.12. The molecule has 0 aliphatic rings. The van der Waals surface area contributed by atoms with Crippen LogP contribution in [0, 0.1) is 0 Å². The fraction of sp³-hybridized carbons (Fsp3) is 0. The van der Waals surface area contributed by atoms with Crippen LogP contribution in [0.25, 0.3) is 93.9 Å². The molecule has 0 saturated carbocycles. The van der Waals surface area contributed by atoms with Gasteiger partial charge < -0.3 is 13.9 Å². The number of rotatable bonds is 8. The normalized spacial score (nSPS) is 11.5. The van der Waals surface area contributed by atoms with Gasteiger partial charge in [-0.2, -0.15) is 0 Å². The molecule has 10 aromatic carbocycles. The van der Waals surface area contributed by atoms with Crippen molar-refractivity contribution in [1.82, 2.24) is 4.57 Å². The van der Waals surface area contributed by atoms with Crippen LogP contribution in [0.2, 0.25) is 0 Å². The predicted octanol–water partition coefficient (Wildman–Crippen LogP) is 16.8. The molecule has 296 valence electrons. The Morgan fingerprint density at radius 2 is 0.873 bits per heavy atom. The van der Waals surface area contributed by atoms with Crippen LogP contribution >= 0.6 is 0 Å². The maximum Gasteiger partial charge on any atom is 0.143 e. The molecule has 0 bridgehead atoms. The van der Waals surface area contributed by atoms with Gasteiger partial charge in [0.1, 0.15) is 11.2 Å². The van der Waals surface area contributed by atoms with E-state index < -0.39 is 0 Å². The first-order valence-corrected chi connectivity index (χ1v) is 21.5. The lowest BCUT2D eigenvalue weighted by atomic mass is 9.98. The molecule has 63 heavy (non-hydrogen) atoms. The second kappa shape index (κ2) is 15.3. The van der Waals surface area contributed by atoms with Gasteiger partial charge in [-0.25, -0.2) is 0 Å². The van der Waals surface area contributed by atoms with Gasteiger partial charge in [0, 0.05) is 49.6 Å². The highest BCUT2D eigenvalue weighted by atomic mass is 16.3. The number of furan rings is 1. The molecule has 0 aliphatic heterocycles. The Bertz CT molecular complexity index is 3600. The first-order valence-electron chi connectivity index (χ1n) is 21.5. The zero-order valence-corrected chi connectivity index (χ0v) is 34.4. The summed E-state index contributed by atoms with van der Waals surface area (Å²) < 4.78 is 9.15. The lowest BCUT2D eigenvalue weighted by Gasteiger charge is -2.28. The molecule has 0 unspecified atom stereocenters. The monoisotopic (exact) mass is 804 g/mol. The van der Waals surface area contributed by atoms with Gasteiger partial charge in [0.15, 0.2) is 0 Å². The number of fused-ring (bicyclic) bond motifs is 6. The summed E-state index contributed by atoms with van der Waals surface area (Å²) in [5, 5.41) is 4.62. The van der Waals surface area contributed by atoms with Crippen molar-refractivity contribution >= 4 is 60.8 Å². The van der Waals surface area contributed by atoms with Gasteiger partial charge in [-0.15, -0.1) is 0 Å². The molecule has 0 fully saturated rings. The van der Waals surface area contributed by atoms with Crippen molar-refractivity contribution in [3.05, 3.63) is 243 Å². The average molecular weight is 805 g/mol. The summed E-state index contributed by atoms with van der Waals surface area (Å²) in [6.07, 6.45) is 0. The van der Waals surface area contributed by atoms with Crippen molar-refractivity contribution < 1.29 is 4.42 Å². The minimum Gasteiger partial charge on any atom is -0.455 e. The number of hydrogen-bond donors (Lipinski definition) is 0. The number of benzene rings is 10. The zero-order chi connectivity index (χ0) is 41.7. The van der Waals surface area contributed by atoms with Gasteiger partial charge in [-0.3, -0.25) is 0 Å². The topological polar surface area (TPSA) is 21.3 Å². The highest BCUT2D eigenvalue weighted by molar-refractivity contribution is 6.13. The molecular weight excluding hydrogens is 765 g/mol. The van der Waals surface area contributed by atoms with Crippen molar-refractivity contribution in [2.75, 3.05) is 4.90 Å². The van der Waals surface area contributed by atoms with E-state index in [1.165, 1.54) is 44.2 Å². The van der Waals surface area contributed by atoms with E-state index in [9.17, 15) is 0 Å².